The van der Waals surface area contributed by atoms with Crippen molar-refractivity contribution >= 4 is 12.2 Å². The van der Waals surface area contributed by atoms with Crippen LogP contribution in [-0.4, -0.2) is 40.9 Å². The van der Waals surface area contributed by atoms with Gasteiger partial charge in [-0.1, -0.05) is 36.4 Å². The number of benzene rings is 6. The predicted molar refractivity (Wildman–Crippen MR) is 191 cm³/mol. The van der Waals surface area contributed by atoms with Crippen LogP contribution in [0.3, 0.4) is 0 Å². The SMILES string of the molecule is Oc1ccc([C@H]2Oc3cc(C=Cc4ccc(O)cc4O)cc(O)c3[C@H]2c2cc(O)c3c(c2)O[C@H](c2ccc(O)cc2)[C@@H]3c2cc(O)cc(O)c2)cc1. The van der Waals surface area contributed by atoms with E-state index in [1.54, 1.807) is 66.7 Å². The maximum atomic E-state index is 11.8. The van der Waals surface area contributed by atoms with E-state index in [9.17, 15) is 40.9 Å². The predicted octanol–water partition coefficient (Wildman–Crippen LogP) is 8.03. The number of hydrogen-bond donors (Lipinski definition) is 8. The molecular weight excluding hydrogens is 664 g/mol. The fraction of sp³-hybridized carbons (Fsp3) is 0.0952. The second-order valence-corrected chi connectivity index (χ2v) is 13.0. The average Bonchev–Trinajstić information content (AvgIpc) is 3.68. The van der Waals surface area contributed by atoms with Crippen LogP contribution in [0.15, 0.2) is 109 Å². The number of aromatic hydroxyl groups is 8. The summed E-state index contributed by atoms with van der Waals surface area (Å²) in [6, 6.07) is 28.1. The van der Waals surface area contributed by atoms with Gasteiger partial charge in [0, 0.05) is 28.8 Å². The van der Waals surface area contributed by atoms with E-state index >= 15 is 0 Å². The second-order valence-electron chi connectivity index (χ2n) is 13.0. The zero-order chi connectivity index (χ0) is 36.3. The van der Waals surface area contributed by atoms with Crippen LogP contribution in [-0.2, 0) is 0 Å². The molecule has 0 bridgehead atoms. The lowest BCUT2D eigenvalue weighted by atomic mass is 9.81. The van der Waals surface area contributed by atoms with Gasteiger partial charge in [0.1, 0.15) is 69.7 Å². The maximum Gasteiger partial charge on any atom is 0.135 e. The van der Waals surface area contributed by atoms with Crippen molar-refractivity contribution in [2.75, 3.05) is 0 Å². The van der Waals surface area contributed by atoms with Gasteiger partial charge in [0.05, 0.1) is 11.8 Å². The molecule has 52 heavy (non-hydrogen) atoms. The molecule has 2 heterocycles. The standard InChI is InChI=1S/C42H32O10/c43-27-8-4-23(5-9-27)41-37(25-15-30(46)19-31(47)16-25)40-34(50)17-26(18-36(40)52-41)38-39-33(49)13-21(1-2-22-3-12-29(45)20-32(22)48)14-35(39)51-42(38)24-6-10-28(44)11-7-24/h1-20,37-38,41-50H/t37-,38-,41-,42-/m1/s1. The number of hydrogen-bond acceptors (Lipinski definition) is 10. The molecule has 10 nitrogen and oxygen atoms in total. The van der Waals surface area contributed by atoms with Gasteiger partial charge in [-0.3, -0.25) is 0 Å². The van der Waals surface area contributed by atoms with Crippen molar-refractivity contribution in [2.24, 2.45) is 0 Å². The van der Waals surface area contributed by atoms with Crippen molar-refractivity contribution in [3.63, 3.8) is 0 Å². The van der Waals surface area contributed by atoms with E-state index in [1.165, 1.54) is 54.6 Å². The van der Waals surface area contributed by atoms with Crippen molar-refractivity contribution < 1.29 is 50.3 Å². The largest absolute Gasteiger partial charge is 0.508 e. The monoisotopic (exact) mass is 696 g/mol. The molecule has 0 saturated heterocycles. The molecule has 0 amide bonds. The van der Waals surface area contributed by atoms with E-state index < -0.39 is 24.0 Å². The summed E-state index contributed by atoms with van der Waals surface area (Å²) in [6.45, 7) is 0. The maximum absolute atomic E-state index is 11.8. The third-order valence-electron chi connectivity index (χ3n) is 9.58. The lowest BCUT2D eigenvalue weighted by molar-refractivity contribution is 0.218. The summed E-state index contributed by atoms with van der Waals surface area (Å²) in [7, 11) is 0. The number of phenols is 8. The number of ether oxygens (including phenoxy) is 2. The quantitative estimate of drug-likeness (QED) is 0.0795. The van der Waals surface area contributed by atoms with E-state index in [0.29, 0.717) is 56.0 Å². The fourth-order valence-corrected chi connectivity index (χ4v) is 7.26. The van der Waals surface area contributed by atoms with Crippen molar-refractivity contribution in [1.29, 1.82) is 0 Å². The molecule has 6 aromatic carbocycles. The molecule has 10 heteroatoms. The summed E-state index contributed by atoms with van der Waals surface area (Å²) < 4.78 is 13.1. The Balaban J connectivity index is 1.25. The first-order chi connectivity index (χ1) is 25.0. The molecule has 8 N–H and O–H groups in total. The van der Waals surface area contributed by atoms with E-state index in [0.717, 1.165) is 0 Å². The van der Waals surface area contributed by atoms with Crippen molar-refractivity contribution in [1.82, 2.24) is 0 Å². The van der Waals surface area contributed by atoms with Crippen LogP contribution in [0.1, 0.15) is 68.6 Å². The van der Waals surface area contributed by atoms with Gasteiger partial charge in [-0.15, -0.1) is 0 Å². The molecule has 4 atom stereocenters. The van der Waals surface area contributed by atoms with Gasteiger partial charge in [0.2, 0.25) is 0 Å². The fourth-order valence-electron chi connectivity index (χ4n) is 7.26. The molecule has 2 aliphatic heterocycles. The Morgan fingerprint density at radius 1 is 0.385 bits per heavy atom. The number of phenolic OH excluding ortho intramolecular Hbond substituents is 8. The van der Waals surface area contributed by atoms with Crippen LogP contribution in [0.2, 0.25) is 0 Å². The molecule has 0 radical (unpaired) electrons. The van der Waals surface area contributed by atoms with E-state index in [4.69, 9.17) is 9.47 Å². The molecule has 0 aliphatic carbocycles. The lowest BCUT2D eigenvalue weighted by Crippen LogP contribution is -2.11. The molecule has 0 unspecified atom stereocenters. The summed E-state index contributed by atoms with van der Waals surface area (Å²) >= 11 is 0. The van der Waals surface area contributed by atoms with Crippen LogP contribution in [0.25, 0.3) is 12.2 Å². The van der Waals surface area contributed by atoms with E-state index in [1.807, 2.05) is 0 Å². The van der Waals surface area contributed by atoms with Gasteiger partial charge in [-0.25, -0.2) is 0 Å². The second kappa shape index (κ2) is 12.4. The van der Waals surface area contributed by atoms with Gasteiger partial charge >= 0.3 is 0 Å². The highest BCUT2D eigenvalue weighted by Gasteiger charge is 2.43. The number of fused-ring (bicyclic) bond motifs is 2. The van der Waals surface area contributed by atoms with Gasteiger partial charge in [0.15, 0.2) is 0 Å². The normalized spacial score (nSPS) is 18.8. The average molecular weight is 697 g/mol. The van der Waals surface area contributed by atoms with E-state index in [2.05, 4.69) is 0 Å². The van der Waals surface area contributed by atoms with E-state index in [-0.39, 0.29) is 46.0 Å². The van der Waals surface area contributed by atoms with Gasteiger partial charge in [0.25, 0.3) is 0 Å². The highest BCUT2D eigenvalue weighted by Crippen LogP contribution is 2.58. The summed E-state index contributed by atoms with van der Waals surface area (Å²) in [5, 5.41) is 84.0. The molecule has 0 fully saturated rings. The van der Waals surface area contributed by atoms with Gasteiger partial charge < -0.3 is 50.3 Å². The molecule has 260 valence electrons. The van der Waals surface area contributed by atoms with Crippen LogP contribution in [0.5, 0.6) is 57.5 Å². The third kappa shape index (κ3) is 5.75. The Hall–Kier alpha value is -6.94. The first-order valence-electron chi connectivity index (χ1n) is 16.4. The smallest absolute Gasteiger partial charge is 0.135 e. The molecule has 6 aromatic rings. The van der Waals surface area contributed by atoms with Crippen molar-refractivity contribution in [2.45, 2.75) is 24.0 Å². The molecule has 0 spiro atoms. The highest BCUT2D eigenvalue weighted by molar-refractivity contribution is 5.75. The first-order valence-corrected chi connectivity index (χ1v) is 16.4. The lowest BCUT2D eigenvalue weighted by Gasteiger charge is -2.22. The van der Waals surface area contributed by atoms with Crippen LogP contribution in [0, 0.1) is 0 Å². The van der Waals surface area contributed by atoms with Crippen LogP contribution in [0.4, 0.5) is 0 Å². The molecule has 0 saturated carbocycles. The van der Waals surface area contributed by atoms with Gasteiger partial charge in [-0.2, -0.15) is 0 Å². The van der Waals surface area contributed by atoms with Crippen LogP contribution < -0.4 is 9.47 Å². The molecular formula is C42H32O10. The molecule has 2 aliphatic rings. The summed E-state index contributed by atoms with van der Waals surface area (Å²) in [4.78, 5) is 0. The molecule has 8 rings (SSSR count). The third-order valence-corrected chi connectivity index (χ3v) is 9.58. The topological polar surface area (TPSA) is 180 Å². The summed E-state index contributed by atoms with van der Waals surface area (Å²) in [5.74, 6) is -1.17. The Morgan fingerprint density at radius 2 is 0.885 bits per heavy atom. The summed E-state index contributed by atoms with van der Waals surface area (Å²) in [6.07, 6.45) is 1.92. The minimum Gasteiger partial charge on any atom is -0.508 e. The van der Waals surface area contributed by atoms with Gasteiger partial charge in [-0.05, 0) is 101 Å². The minimum absolute atomic E-state index is 0.0630. The molecule has 0 aromatic heterocycles. The Bertz CT molecular complexity index is 2350. The van der Waals surface area contributed by atoms with Crippen LogP contribution >= 0.6 is 0 Å². The summed E-state index contributed by atoms with van der Waals surface area (Å²) in [5.41, 5.74) is 4.34. The minimum atomic E-state index is -0.714. The zero-order valence-electron chi connectivity index (χ0n) is 27.3. The Kier molecular flexibility index (Phi) is 7.72. The number of rotatable bonds is 6. The Labute approximate surface area is 297 Å². The first kappa shape index (κ1) is 32.3. The van der Waals surface area contributed by atoms with Crippen molar-refractivity contribution in [3.05, 3.63) is 154 Å². The zero-order valence-corrected chi connectivity index (χ0v) is 27.3. The van der Waals surface area contributed by atoms with Crippen molar-refractivity contribution in [3.8, 4) is 57.5 Å². The highest BCUT2D eigenvalue weighted by atomic mass is 16.5. The Morgan fingerprint density at radius 3 is 1.44 bits per heavy atom.